The summed E-state index contributed by atoms with van der Waals surface area (Å²) in [6, 6.07) is 1.08. The van der Waals surface area contributed by atoms with Crippen LogP contribution in [0.4, 0.5) is 19.3 Å². The molecule has 0 aromatic carbocycles. The third kappa shape index (κ3) is 3.48. The summed E-state index contributed by atoms with van der Waals surface area (Å²) in [5.74, 6) is 0.0822. The number of urea groups is 1. The first-order valence-corrected chi connectivity index (χ1v) is 10.0. The maximum Gasteiger partial charge on any atom is 0.327 e. The number of nitrogens with one attached hydrogen (secondary N) is 1. The van der Waals surface area contributed by atoms with Crippen molar-refractivity contribution in [2.45, 2.75) is 37.5 Å². The van der Waals surface area contributed by atoms with Gasteiger partial charge < -0.3 is 10.1 Å². The number of hydrogen-bond donors (Lipinski definition) is 1. The van der Waals surface area contributed by atoms with Gasteiger partial charge in [-0.25, -0.2) is 23.1 Å². The molecule has 0 spiro atoms. The number of nitrogens with zero attached hydrogens (tertiary/aromatic N) is 4. The lowest BCUT2D eigenvalue weighted by molar-refractivity contribution is -0.112. The van der Waals surface area contributed by atoms with Crippen LogP contribution < -0.4 is 5.32 Å². The number of alkyl halides is 2. The number of fused-ring (bicyclic) bond motifs is 1. The van der Waals surface area contributed by atoms with E-state index in [4.69, 9.17) is 0 Å². The highest BCUT2D eigenvalue weighted by Crippen LogP contribution is 2.43. The normalized spacial score (nSPS) is 25.2. The molecule has 1 fully saturated rings. The van der Waals surface area contributed by atoms with Crippen molar-refractivity contribution in [3.63, 3.8) is 0 Å². The second-order valence-corrected chi connectivity index (χ2v) is 7.92. The van der Waals surface area contributed by atoms with Gasteiger partial charge in [-0.05, 0) is 43.1 Å². The Kier molecular flexibility index (Phi) is 5.29. The lowest BCUT2D eigenvalue weighted by Crippen LogP contribution is -2.44. The number of hydrogen-bond acceptors (Lipinski definition) is 5. The van der Waals surface area contributed by atoms with Crippen LogP contribution in [0.25, 0.3) is 5.65 Å². The van der Waals surface area contributed by atoms with Crippen molar-refractivity contribution in [3.05, 3.63) is 35.8 Å². The van der Waals surface area contributed by atoms with E-state index in [0.717, 1.165) is 36.9 Å². The second-order valence-electron chi connectivity index (χ2n) is 6.93. The maximum absolute atomic E-state index is 13.6. The summed E-state index contributed by atoms with van der Waals surface area (Å²) < 4.78 is 28.6. The molecule has 0 bridgehead atoms. The molecule has 28 heavy (non-hydrogen) atoms. The fraction of sp³-hybridized carbons (Fsp3) is 0.444. The van der Waals surface area contributed by atoms with Crippen LogP contribution in [0.1, 0.15) is 25.7 Å². The number of carbonyl (C=O) groups is 2. The van der Waals surface area contributed by atoms with Gasteiger partial charge in [0.15, 0.2) is 5.65 Å². The van der Waals surface area contributed by atoms with Crippen molar-refractivity contribution in [1.29, 1.82) is 0 Å². The highest BCUT2D eigenvalue weighted by Gasteiger charge is 2.41. The van der Waals surface area contributed by atoms with Crippen molar-refractivity contribution < 1.29 is 18.4 Å². The Balaban J connectivity index is 1.55. The fourth-order valence-electron chi connectivity index (χ4n) is 3.77. The van der Waals surface area contributed by atoms with Crippen LogP contribution in [0.15, 0.2) is 35.8 Å². The van der Waals surface area contributed by atoms with Crippen LogP contribution in [-0.4, -0.2) is 43.6 Å². The number of allylic oxidation sites excluding steroid dienone is 1. The summed E-state index contributed by atoms with van der Waals surface area (Å²) in [5, 5.41) is 7.74. The highest BCUT2D eigenvalue weighted by atomic mass is 32.2. The summed E-state index contributed by atoms with van der Waals surface area (Å²) in [6.07, 6.45) is 5.81. The number of thioether (sulfide) groups is 1. The van der Waals surface area contributed by atoms with E-state index in [9.17, 15) is 18.4 Å². The van der Waals surface area contributed by atoms with Gasteiger partial charge in [-0.3, -0.25) is 4.90 Å². The Bertz CT molecular complexity index is 910. The average molecular weight is 407 g/mol. The molecular weight excluding hydrogens is 388 g/mol. The molecule has 2 amide bonds. The van der Waals surface area contributed by atoms with E-state index in [1.807, 2.05) is 0 Å². The minimum Gasteiger partial charge on any atom is -0.303 e. The fourth-order valence-corrected chi connectivity index (χ4v) is 5.10. The van der Waals surface area contributed by atoms with Crippen LogP contribution in [-0.2, 0) is 4.79 Å². The van der Waals surface area contributed by atoms with Gasteiger partial charge in [0.1, 0.15) is 12.0 Å². The summed E-state index contributed by atoms with van der Waals surface area (Å²) >= 11 is 1.25. The van der Waals surface area contributed by atoms with Crippen LogP contribution in [0, 0.1) is 11.8 Å². The summed E-state index contributed by atoms with van der Waals surface area (Å²) in [6.45, 7) is 0. The molecule has 10 heteroatoms. The molecule has 2 aliphatic rings. The van der Waals surface area contributed by atoms with Gasteiger partial charge in [-0.2, -0.15) is 5.10 Å². The highest BCUT2D eigenvalue weighted by molar-refractivity contribution is 8.03. The predicted molar refractivity (Wildman–Crippen MR) is 101 cm³/mol. The molecule has 1 saturated carbocycles. The molecule has 2 aromatic heterocycles. The van der Waals surface area contributed by atoms with Gasteiger partial charge in [-0.15, -0.1) is 11.8 Å². The smallest absolute Gasteiger partial charge is 0.303 e. The predicted octanol–water partition coefficient (Wildman–Crippen LogP) is 3.75. The third-order valence-corrected chi connectivity index (χ3v) is 6.49. The lowest BCUT2D eigenvalue weighted by atomic mass is 9.82. The SMILES string of the molecule is O=CC1CCC(C2SC=C(C(F)F)N2C(=O)Nc2cnn3cccnc23)CC1. The van der Waals surface area contributed by atoms with E-state index in [2.05, 4.69) is 15.4 Å². The monoisotopic (exact) mass is 407 g/mol. The van der Waals surface area contributed by atoms with Crippen molar-refractivity contribution in [3.8, 4) is 0 Å². The first-order valence-electron chi connectivity index (χ1n) is 9.06. The van der Waals surface area contributed by atoms with Gasteiger partial charge in [0.05, 0.1) is 17.3 Å². The number of halogens is 2. The second kappa shape index (κ2) is 7.86. The van der Waals surface area contributed by atoms with E-state index in [1.54, 1.807) is 18.5 Å². The molecule has 148 valence electrons. The van der Waals surface area contributed by atoms with Crippen LogP contribution >= 0.6 is 11.8 Å². The van der Waals surface area contributed by atoms with Crippen LogP contribution in [0.3, 0.4) is 0 Å². The van der Waals surface area contributed by atoms with E-state index >= 15 is 0 Å². The van der Waals surface area contributed by atoms with Gasteiger partial charge in [-0.1, -0.05) is 0 Å². The first-order chi connectivity index (χ1) is 13.6. The molecule has 1 aliphatic heterocycles. The Morgan fingerprint density at radius 1 is 1.32 bits per heavy atom. The number of aromatic nitrogens is 3. The molecule has 1 atom stereocenters. The van der Waals surface area contributed by atoms with Crippen molar-refractivity contribution in [2.24, 2.45) is 11.8 Å². The standard InChI is InChI=1S/C18H19F2N5O2S/c19-15(20)14-10-28-17(12-4-2-11(9-26)3-5-12)25(14)18(27)23-13-8-22-24-7-1-6-21-16(13)24/h1,6-12,15,17H,2-5H2,(H,23,27). The number of anilines is 1. The van der Waals surface area contributed by atoms with Crippen LogP contribution in [0.5, 0.6) is 0 Å². The maximum atomic E-state index is 13.6. The Hall–Kier alpha value is -2.49. The first kappa shape index (κ1) is 18.9. The van der Waals surface area contributed by atoms with E-state index in [-0.39, 0.29) is 17.5 Å². The molecule has 1 unspecified atom stereocenters. The molecular formula is C18H19F2N5O2S. The van der Waals surface area contributed by atoms with Gasteiger partial charge in [0.2, 0.25) is 0 Å². The third-order valence-electron chi connectivity index (χ3n) is 5.24. The Labute approximate surface area is 164 Å². The van der Waals surface area contributed by atoms with Gasteiger partial charge >= 0.3 is 6.03 Å². The molecule has 0 saturated heterocycles. The molecule has 7 nitrogen and oxygen atoms in total. The average Bonchev–Trinajstić information content (AvgIpc) is 3.33. The zero-order chi connectivity index (χ0) is 19.7. The minimum atomic E-state index is -2.75. The summed E-state index contributed by atoms with van der Waals surface area (Å²) in [5.41, 5.74) is 0.502. The minimum absolute atomic E-state index is 0.0253. The molecule has 1 N–H and O–H groups in total. The molecule has 0 radical (unpaired) electrons. The molecule has 2 aromatic rings. The largest absolute Gasteiger partial charge is 0.327 e. The van der Waals surface area contributed by atoms with Gasteiger partial charge in [0, 0.05) is 18.3 Å². The van der Waals surface area contributed by atoms with E-state index < -0.39 is 17.8 Å². The number of rotatable bonds is 4. The van der Waals surface area contributed by atoms with Crippen molar-refractivity contribution in [2.75, 3.05) is 5.32 Å². The summed E-state index contributed by atoms with van der Waals surface area (Å²) in [7, 11) is 0. The number of amides is 2. The van der Waals surface area contributed by atoms with Gasteiger partial charge in [0.25, 0.3) is 6.43 Å². The zero-order valence-electron chi connectivity index (χ0n) is 14.9. The number of aldehydes is 1. The van der Waals surface area contributed by atoms with Crippen molar-refractivity contribution >= 4 is 35.4 Å². The molecule has 3 heterocycles. The van der Waals surface area contributed by atoms with Crippen LogP contribution in [0.2, 0.25) is 0 Å². The molecule has 4 rings (SSSR count). The number of carbonyl (C=O) groups excluding carboxylic acids is 2. The molecule has 1 aliphatic carbocycles. The topological polar surface area (TPSA) is 79.6 Å². The lowest BCUT2D eigenvalue weighted by Gasteiger charge is -2.35. The Morgan fingerprint density at radius 2 is 2.11 bits per heavy atom. The zero-order valence-corrected chi connectivity index (χ0v) is 15.7. The Morgan fingerprint density at radius 3 is 2.82 bits per heavy atom. The van der Waals surface area contributed by atoms with E-state index in [1.165, 1.54) is 27.9 Å². The summed E-state index contributed by atoms with van der Waals surface area (Å²) in [4.78, 5) is 29.3. The van der Waals surface area contributed by atoms with E-state index in [0.29, 0.717) is 11.3 Å². The quantitative estimate of drug-likeness (QED) is 0.781. The van der Waals surface area contributed by atoms with Crippen molar-refractivity contribution in [1.82, 2.24) is 19.5 Å².